The Morgan fingerprint density at radius 2 is 2.20 bits per heavy atom. The molecule has 1 N–H and O–H groups in total. The lowest BCUT2D eigenvalue weighted by Gasteiger charge is -2.27. The number of rotatable bonds is 3. The minimum atomic E-state index is -0.171. The largest absolute Gasteiger partial charge is 0.335 e. The van der Waals surface area contributed by atoms with Crippen molar-refractivity contribution < 1.29 is 4.79 Å². The Morgan fingerprint density at radius 1 is 1.40 bits per heavy atom. The van der Waals surface area contributed by atoms with Gasteiger partial charge in [-0.2, -0.15) is 0 Å². The average Bonchev–Trinajstić information content (AvgIpc) is 2.98. The van der Waals surface area contributed by atoms with Gasteiger partial charge in [-0.1, -0.05) is 13.8 Å². The number of H-pyrrole nitrogens is 1. The monoisotopic (exact) mass is 274 g/mol. The Morgan fingerprint density at radius 3 is 2.80 bits per heavy atom. The number of nitrogens with zero attached hydrogens (tertiary/aromatic N) is 1. The molecule has 2 bridgehead atoms. The molecule has 1 aliphatic carbocycles. The van der Waals surface area contributed by atoms with Crippen LogP contribution in [0.2, 0.25) is 0 Å². The molecule has 2 heterocycles. The standard InChI is InChI=1S/C16H22N2O2/c1-10(2)5-13-7-12(8-15(19)17-13)16(20)18-9-11-3-4-14(18)6-11/h7-8,10-11,14H,3-6,9H2,1-2H3,(H,17,19). The Bertz CT molecular complexity index is 576. The second kappa shape index (κ2) is 5.08. The minimum Gasteiger partial charge on any atom is -0.335 e. The number of likely N-dealkylation sites (tertiary alicyclic amines) is 1. The maximum atomic E-state index is 12.6. The van der Waals surface area contributed by atoms with Crippen molar-refractivity contribution in [2.75, 3.05) is 6.54 Å². The lowest BCUT2D eigenvalue weighted by molar-refractivity contribution is 0.0703. The van der Waals surface area contributed by atoms with E-state index in [-0.39, 0.29) is 11.5 Å². The van der Waals surface area contributed by atoms with E-state index in [0.717, 1.165) is 31.5 Å². The SMILES string of the molecule is CC(C)Cc1cc(C(=O)N2CC3CCC2C3)cc(=O)[nH]1. The number of amides is 1. The van der Waals surface area contributed by atoms with Crippen LogP contribution < -0.4 is 5.56 Å². The van der Waals surface area contributed by atoms with Crippen LogP contribution in [-0.4, -0.2) is 28.4 Å². The molecule has 1 saturated heterocycles. The average molecular weight is 274 g/mol. The van der Waals surface area contributed by atoms with Gasteiger partial charge >= 0.3 is 0 Å². The predicted octanol–water partition coefficient (Wildman–Crippen LogP) is 2.20. The summed E-state index contributed by atoms with van der Waals surface area (Å²) in [5.41, 5.74) is 1.24. The maximum absolute atomic E-state index is 12.6. The van der Waals surface area contributed by atoms with Gasteiger partial charge in [-0.25, -0.2) is 0 Å². The van der Waals surface area contributed by atoms with Crippen LogP contribution in [0.3, 0.4) is 0 Å². The van der Waals surface area contributed by atoms with E-state index in [1.807, 2.05) is 11.0 Å². The second-order valence-corrected chi connectivity index (χ2v) is 6.65. The quantitative estimate of drug-likeness (QED) is 0.918. The molecule has 1 amide bonds. The van der Waals surface area contributed by atoms with Crippen LogP contribution in [0.25, 0.3) is 0 Å². The van der Waals surface area contributed by atoms with Crippen LogP contribution in [0, 0.1) is 11.8 Å². The number of carbonyl (C=O) groups is 1. The van der Waals surface area contributed by atoms with E-state index in [9.17, 15) is 9.59 Å². The molecule has 2 fully saturated rings. The first-order valence-corrected chi connectivity index (χ1v) is 7.57. The summed E-state index contributed by atoms with van der Waals surface area (Å²) in [7, 11) is 0. The molecule has 2 atom stereocenters. The third-order valence-corrected chi connectivity index (χ3v) is 4.45. The number of pyridine rings is 1. The lowest BCUT2D eigenvalue weighted by Crippen LogP contribution is -2.38. The van der Waals surface area contributed by atoms with Crippen molar-refractivity contribution in [2.24, 2.45) is 11.8 Å². The summed E-state index contributed by atoms with van der Waals surface area (Å²) in [4.78, 5) is 29.2. The van der Waals surface area contributed by atoms with Crippen molar-refractivity contribution in [1.29, 1.82) is 0 Å². The van der Waals surface area contributed by atoms with Crippen molar-refractivity contribution >= 4 is 5.91 Å². The molecule has 2 unspecified atom stereocenters. The highest BCUT2D eigenvalue weighted by Gasteiger charge is 2.40. The van der Waals surface area contributed by atoms with Crippen molar-refractivity contribution in [3.8, 4) is 0 Å². The smallest absolute Gasteiger partial charge is 0.254 e. The maximum Gasteiger partial charge on any atom is 0.254 e. The molecule has 4 heteroatoms. The van der Waals surface area contributed by atoms with E-state index >= 15 is 0 Å². The fourth-order valence-corrected chi connectivity index (χ4v) is 3.61. The van der Waals surface area contributed by atoms with E-state index in [0.29, 0.717) is 23.4 Å². The Balaban J connectivity index is 1.84. The molecular weight excluding hydrogens is 252 g/mol. The Hall–Kier alpha value is -1.58. The highest BCUT2D eigenvalue weighted by molar-refractivity contribution is 5.94. The van der Waals surface area contributed by atoms with Crippen molar-refractivity contribution in [3.05, 3.63) is 33.7 Å². The van der Waals surface area contributed by atoms with Crippen LogP contribution in [0.4, 0.5) is 0 Å². The molecular formula is C16H22N2O2. The number of hydrogen-bond acceptors (Lipinski definition) is 2. The minimum absolute atomic E-state index is 0.0355. The Labute approximate surface area is 119 Å². The first kappa shape index (κ1) is 13.4. The first-order chi connectivity index (χ1) is 9.52. The number of hydrogen-bond donors (Lipinski definition) is 1. The normalized spacial score (nSPS) is 24.6. The number of aromatic nitrogens is 1. The summed E-state index contributed by atoms with van der Waals surface area (Å²) in [5, 5.41) is 0. The molecule has 108 valence electrons. The summed E-state index contributed by atoms with van der Waals surface area (Å²) < 4.78 is 0. The van der Waals surface area contributed by atoms with E-state index < -0.39 is 0 Å². The third-order valence-electron chi connectivity index (χ3n) is 4.45. The van der Waals surface area contributed by atoms with Gasteiger partial charge in [0.05, 0.1) is 0 Å². The zero-order valence-electron chi connectivity index (χ0n) is 12.2. The molecule has 20 heavy (non-hydrogen) atoms. The zero-order chi connectivity index (χ0) is 14.3. The molecule has 0 radical (unpaired) electrons. The number of piperidine rings is 1. The van der Waals surface area contributed by atoms with Gasteiger partial charge < -0.3 is 9.88 Å². The summed E-state index contributed by atoms with van der Waals surface area (Å²) >= 11 is 0. The molecule has 0 spiro atoms. The van der Waals surface area contributed by atoms with Crippen LogP contribution in [0.15, 0.2) is 16.9 Å². The highest BCUT2D eigenvalue weighted by atomic mass is 16.2. The Kier molecular flexibility index (Phi) is 3.40. The molecule has 1 saturated carbocycles. The van der Waals surface area contributed by atoms with Gasteiger partial charge in [0.25, 0.3) is 5.91 Å². The number of aromatic amines is 1. The van der Waals surface area contributed by atoms with Crippen LogP contribution in [0.5, 0.6) is 0 Å². The molecule has 1 aliphatic heterocycles. The number of carbonyl (C=O) groups excluding carboxylic acids is 1. The molecule has 3 rings (SSSR count). The topological polar surface area (TPSA) is 53.2 Å². The van der Waals surface area contributed by atoms with E-state index in [1.54, 1.807) is 0 Å². The van der Waals surface area contributed by atoms with Gasteiger partial charge in [-0.3, -0.25) is 9.59 Å². The second-order valence-electron chi connectivity index (χ2n) is 6.65. The van der Waals surface area contributed by atoms with Crippen LogP contribution in [-0.2, 0) is 6.42 Å². The van der Waals surface area contributed by atoms with E-state index in [1.165, 1.54) is 12.5 Å². The van der Waals surface area contributed by atoms with Crippen LogP contribution in [0.1, 0.15) is 49.2 Å². The molecule has 1 aromatic rings. The van der Waals surface area contributed by atoms with Gasteiger partial charge in [0.1, 0.15) is 0 Å². The fraction of sp³-hybridized carbons (Fsp3) is 0.625. The summed E-state index contributed by atoms with van der Waals surface area (Å²) in [6.07, 6.45) is 4.32. The molecule has 4 nitrogen and oxygen atoms in total. The lowest BCUT2D eigenvalue weighted by atomic mass is 10.0. The van der Waals surface area contributed by atoms with Crippen LogP contribution >= 0.6 is 0 Å². The van der Waals surface area contributed by atoms with E-state index in [2.05, 4.69) is 18.8 Å². The van der Waals surface area contributed by atoms with Crippen molar-refractivity contribution in [2.45, 2.75) is 45.6 Å². The summed E-state index contributed by atoms with van der Waals surface area (Å²) in [5.74, 6) is 1.17. The third kappa shape index (κ3) is 2.51. The van der Waals surface area contributed by atoms with Crippen molar-refractivity contribution in [1.82, 2.24) is 9.88 Å². The fourth-order valence-electron chi connectivity index (χ4n) is 3.61. The van der Waals surface area contributed by atoms with Crippen molar-refractivity contribution in [3.63, 3.8) is 0 Å². The van der Waals surface area contributed by atoms with Gasteiger partial charge in [-0.15, -0.1) is 0 Å². The van der Waals surface area contributed by atoms with E-state index in [4.69, 9.17) is 0 Å². The zero-order valence-corrected chi connectivity index (χ0v) is 12.2. The van der Waals surface area contributed by atoms with Gasteiger partial charge in [0.2, 0.25) is 5.56 Å². The number of nitrogens with one attached hydrogen (secondary N) is 1. The predicted molar refractivity (Wildman–Crippen MR) is 77.8 cm³/mol. The highest BCUT2D eigenvalue weighted by Crippen LogP contribution is 2.37. The van der Waals surface area contributed by atoms with Gasteiger partial charge in [0, 0.05) is 29.9 Å². The number of fused-ring (bicyclic) bond motifs is 2. The summed E-state index contributed by atoms with van der Waals surface area (Å²) in [6.45, 7) is 5.08. The first-order valence-electron chi connectivity index (χ1n) is 7.57. The molecule has 2 aliphatic rings. The van der Waals surface area contributed by atoms with Gasteiger partial charge in [0.15, 0.2) is 0 Å². The summed E-state index contributed by atoms with van der Waals surface area (Å²) in [6, 6.07) is 3.70. The molecule has 1 aromatic heterocycles. The molecule has 0 aromatic carbocycles. The van der Waals surface area contributed by atoms with Gasteiger partial charge in [-0.05, 0) is 43.6 Å².